The van der Waals surface area contributed by atoms with Crippen molar-refractivity contribution in [1.29, 1.82) is 0 Å². The first-order chi connectivity index (χ1) is 8.19. The van der Waals surface area contributed by atoms with E-state index in [1.54, 1.807) is 0 Å². The normalized spacial score (nSPS) is 49.1. The summed E-state index contributed by atoms with van der Waals surface area (Å²) in [6, 6.07) is 0.462. The summed E-state index contributed by atoms with van der Waals surface area (Å²) in [6.07, 6.45) is 5.21. The van der Waals surface area contributed by atoms with E-state index in [-0.39, 0.29) is 0 Å². The second-order valence-corrected chi connectivity index (χ2v) is 6.64. The predicted octanol–water partition coefficient (Wildman–Crippen LogP) is 2.59. The summed E-state index contributed by atoms with van der Waals surface area (Å²) in [5, 5.41) is 12.9. The van der Waals surface area contributed by atoms with Crippen molar-refractivity contribution < 1.29 is 5.21 Å². The maximum Gasteiger partial charge on any atom is 0.0775 e. The third-order valence-corrected chi connectivity index (χ3v) is 5.05. The van der Waals surface area contributed by atoms with Crippen molar-refractivity contribution in [3.8, 4) is 0 Å². The van der Waals surface area contributed by atoms with E-state index in [1.165, 1.54) is 38.8 Å². The van der Waals surface area contributed by atoms with E-state index >= 15 is 0 Å². The number of nitrogens with zero attached hydrogens (tertiary/aromatic N) is 2. The van der Waals surface area contributed by atoms with Crippen molar-refractivity contribution in [2.45, 2.75) is 45.6 Å². The molecule has 0 aromatic carbocycles. The largest absolute Gasteiger partial charge is 0.411 e. The smallest absolute Gasteiger partial charge is 0.0775 e. The molecule has 0 aromatic heterocycles. The van der Waals surface area contributed by atoms with Gasteiger partial charge in [-0.25, -0.2) is 0 Å². The fourth-order valence-corrected chi connectivity index (χ4v) is 4.62. The maximum absolute atomic E-state index is 9.28. The standard InChI is InChI=1S/C14H24N2O/c1-9-5-10(2)8-16(7-9)14-12-4-3-11(6-12)13(14)15-17/h9-12,14,17H,3-8H2,1-2H3/b15-13+. The van der Waals surface area contributed by atoms with Gasteiger partial charge >= 0.3 is 0 Å². The number of piperidine rings is 1. The van der Waals surface area contributed by atoms with Gasteiger partial charge in [0.1, 0.15) is 0 Å². The van der Waals surface area contributed by atoms with Gasteiger partial charge in [0.2, 0.25) is 0 Å². The number of hydrogen-bond donors (Lipinski definition) is 1. The topological polar surface area (TPSA) is 35.8 Å². The van der Waals surface area contributed by atoms with E-state index < -0.39 is 0 Å². The van der Waals surface area contributed by atoms with Crippen LogP contribution in [0.2, 0.25) is 0 Å². The molecule has 0 radical (unpaired) electrons. The minimum Gasteiger partial charge on any atom is -0.411 e. The molecule has 0 aromatic rings. The first-order valence-corrected chi connectivity index (χ1v) is 7.15. The van der Waals surface area contributed by atoms with Crippen LogP contribution >= 0.6 is 0 Å². The Balaban J connectivity index is 1.79. The number of oxime groups is 1. The van der Waals surface area contributed by atoms with Crippen molar-refractivity contribution in [2.75, 3.05) is 13.1 Å². The molecular formula is C14H24N2O. The van der Waals surface area contributed by atoms with Crippen molar-refractivity contribution in [2.24, 2.45) is 28.8 Å². The highest BCUT2D eigenvalue weighted by Gasteiger charge is 2.48. The van der Waals surface area contributed by atoms with Crippen LogP contribution in [0.1, 0.15) is 39.5 Å². The highest BCUT2D eigenvalue weighted by Crippen LogP contribution is 2.45. The molecular weight excluding hydrogens is 212 g/mol. The monoisotopic (exact) mass is 236 g/mol. The molecule has 3 rings (SSSR count). The van der Waals surface area contributed by atoms with Crippen LogP contribution in [-0.2, 0) is 0 Å². The molecule has 1 aliphatic heterocycles. The Hall–Kier alpha value is -0.570. The highest BCUT2D eigenvalue weighted by molar-refractivity contribution is 5.94. The van der Waals surface area contributed by atoms with E-state index in [0.717, 1.165) is 23.5 Å². The van der Waals surface area contributed by atoms with Gasteiger partial charge in [0.05, 0.1) is 11.8 Å². The Morgan fingerprint density at radius 2 is 1.82 bits per heavy atom. The Morgan fingerprint density at radius 3 is 2.47 bits per heavy atom. The molecule has 5 unspecified atom stereocenters. The first-order valence-electron chi connectivity index (χ1n) is 7.15. The molecule has 2 aliphatic carbocycles. The maximum atomic E-state index is 9.28. The summed E-state index contributed by atoms with van der Waals surface area (Å²) in [5.74, 6) is 2.93. The zero-order valence-corrected chi connectivity index (χ0v) is 11.0. The molecule has 0 spiro atoms. The van der Waals surface area contributed by atoms with Crippen LogP contribution in [0.25, 0.3) is 0 Å². The molecule has 3 fully saturated rings. The molecule has 3 aliphatic rings. The lowest BCUT2D eigenvalue weighted by Crippen LogP contribution is -2.50. The van der Waals surface area contributed by atoms with Gasteiger partial charge in [-0.1, -0.05) is 19.0 Å². The van der Waals surface area contributed by atoms with E-state index in [1.807, 2.05) is 0 Å². The minimum absolute atomic E-state index is 0.462. The van der Waals surface area contributed by atoms with Gasteiger partial charge in [-0.3, -0.25) is 4.90 Å². The van der Waals surface area contributed by atoms with Crippen LogP contribution in [0.15, 0.2) is 5.16 Å². The van der Waals surface area contributed by atoms with Gasteiger partial charge < -0.3 is 5.21 Å². The number of hydrogen-bond acceptors (Lipinski definition) is 3. The lowest BCUT2D eigenvalue weighted by Gasteiger charge is -2.41. The van der Waals surface area contributed by atoms with Crippen molar-refractivity contribution in [1.82, 2.24) is 4.90 Å². The van der Waals surface area contributed by atoms with Crippen molar-refractivity contribution >= 4 is 5.71 Å². The predicted molar refractivity (Wildman–Crippen MR) is 68.4 cm³/mol. The average Bonchev–Trinajstić information content (AvgIpc) is 2.86. The Kier molecular flexibility index (Phi) is 2.89. The van der Waals surface area contributed by atoms with Gasteiger partial charge in [0.15, 0.2) is 0 Å². The SMILES string of the molecule is CC1CC(C)CN(C2/C(=N/O)C3CCC2C3)C1. The van der Waals surface area contributed by atoms with Crippen LogP contribution in [0, 0.1) is 23.7 Å². The Bertz CT molecular complexity index is 318. The van der Waals surface area contributed by atoms with Gasteiger partial charge in [-0.15, -0.1) is 0 Å². The van der Waals surface area contributed by atoms with E-state index in [4.69, 9.17) is 0 Å². The quantitative estimate of drug-likeness (QED) is 0.561. The molecule has 5 atom stereocenters. The van der Waals surface area contributed by atoms with Crippen LogP contribution in [0.4, 0.5) is 0 Å². The molecule has 1 N–H and O–H groups in total. The van der Waals surface area contributed by atoms with Gasteiger partial charge in [0.25, 0.3) is 0 Å². The van der Waals surface area contributed by atoms with E-state index in [0.29, 0.717) is 12.0 Å². The zero-order valence-electron chi connectivity index (χ0n) is 11.0. The van der Waals surface area contributed by atoms with E-state index in [2.05, 4.69) is 23.9 Å². The fraction of sp³-hybridized carbons (Fsp3) is 0.929. The number of likely N-dealkylation sites (tertiary alicyclic amines) is 1. The second-order valence-electron chi connectivity index (χ2n) is 6.64. The zero-order chi connectivity index (χ0) is 12.0. The summed E-state index contributed by atoms with van der Waals surface area (Å²) < 4.78 is 0. The molecule has 1 heterocycles. The summed E-state index contributed by atoms with van der Waals surface area (Å²) in [6.45, 7) is 7.09. The molecule has 0 amide bonds. The first kappa shape index (κ1) is 11.5. The molecule has 1 saturated heterocycles. The summed E-state index contributed by atoms with van der Waals surface area (Å²) in [4.78, 5) is 2.61. The lowest BCUT2D eigenvalue weighted by molar-refractivity contribution is 0.0987. The molecule has 3 heteroatoms. The molecule has 17 heavy (non-hydrogen) atoms. The van der Waals surface area contributed by atoms with Crippen LogP contribution in [-0.4, -0.2) is 35.0 Å². The van der Waals surface area contributed by atoms with Gasteiger partial charge in [-0.05, 0) is 43.4 Å². The summed E-state index contributed by atoms with van der Waals surface area (Å²) >= 11 is 0. The lowest BCUT2D eigenvalue weighted by atomic mass is 9.86. The van der Waals surface area contributed by atoms with Crippen molar-refractivity contribution in [3.05, 3.63) is 0 Å². The summed E-state index contributed by atoms with van der Waals surface area (Å²) in [7, 11) is 0. The Labute approximate surface area is 104 Å². The second kappa shape index (κ2) is 4.27. The molecule has 2 saturated carbocycles. The Morgan fingerprint density at radius 1 is 1.12 bits per heavy atom. The van der Waals surface area contributed by atoms with Crippen LogP contribution in [0.5, 0.6) is 0 Å². The van der Waals surface area contributed by atoms with Gasteiger partial charge in [-0.2, -0.15) is 0 Å². The van der Waals surface area contributed by atoms with Gasteiger partial charge in [0, 0.05) is 19.0 Å². The highest BCUT2D eigenvalue weighted by atomic mass is 16.4. The molecule has 3 nitrogen and oxygen atoms in total. The number of fused-ring (bicyclic) bond motifs is 2. The van der Waals surface area contributed by atoms with Crippen molar-refractivity contribution in [3.63, 3.8) is 0 Å². The summed E-state index contributed by atoms with van der Waals surface area (Å²) in [5.41, 5.74) is 1.10. The van der Waals surface area contributed by atoms with Crippen LogP contribution < -0.4 is 0 Å². The third-order valence-electron chi connectivity index (χ3n) is 5.05. The number of rotatable bonds is 1. The average molecular weight is 236 g/mol. The fourth-order valence-electron chi connectivity index (χ4n) is 4.62. The molecule has 2 bridgehead atoms. The third kappa shape index (κ3) is 1.88. The minimum atomic E-state index is 0.462. The van der Waals surface area contributed by atoms with E-state index in [9.17, 15) is 5.21 Å². The van der Waals surface area contributed by atoms with Crippen LogP contribution in [0.3, 0.4) is 0 Å². The molecule has 96 valence electrons.